The van der Waals surface area contributed by atoms with Crippen LogP contribution < -0.4 is 4.57 Å². The number of nitrogens with zero attached hydrogens (tertiary/aromatic N) is 14. The molecule has 0 radical (unpaired) electrons. The van der Waals surface area contributed by atoms with Gasteiger partial charge in [0, 0.05) is 96.3 Å². The second-order valence-corrected chi connectivity index (χ2v) is 20.1. The lowest BCUT2D eigenvalue weighted by atomic mass is 10.2. The van der Waals surface area contributed by atoms with Crippen molar-refractivity contribution >= 4 is 11.3 Å². The highest BCUT2D eigenvalue weighted by molar-refractivity contribution is 7.11. The quantitative estimate of drug-likeness (QED) is 0.137. The molecule has 0 atom stereocenters. The first-order valence-corrected chi connectivity index (χ1v) is 25.0. The summed E-state index contributed by atoms with van der Waals surface area (Å²) < 4.78 is 19.4. The van der Waals surface area contributed by atoms with E-state index >= 15 is 0 Å². The second kappa shape index (κ2) is 27.6. The van der Waals surface area contributed by atoms with Gasteiger partial charge in [0.2, 0.25) is 0 Å². The second-order valence-electron chi connectivity index (χ2n) is 18.7. The minimum Gasteiger partial charge on any atom is -0.446 e. The maximum Gasteiger partial charge on any atom is 0.253 e. The molecule has 8 aromatic heterocycles. The van der Waals surface area contributed by atoms with E-state index in [-0.39, 0.29) is 0 Å². The van der Waals surface area contributed by atoms with Crippen LogP contribution in [0.3, 0.4) is 0 Å². The van der Waals surface area contributed by atoms with E-state index in [0.717, 1.165) is 46.1 Å². The van der Waals surface area contributed by atoms with Crippen LogP contribution in [0, 0.1) is 166 Å². The van der Waals surface area contributed by atoms with Crippen molar-refractivity contribution in [2.75, 3.05) is 0 Å². The van der Waals surface area contributed by atoms with Gasteiger partial charge in [-0.3, -0.25) is 14.0 Å². The summed E-state index contributed by atoms with van der Waals surface area (Å²) in [7, 11) is 14.2. The van der Waals surface area contributed by atoms with Crippen molar-refractivity contribution in [3.05, 3.63) is 135 Å². The molecule has 15 nitrogen and oxygen atoms in total. The molecule has 0 aromatic carbocycles. The molecule has 0 spiro atoms. The molecule has 0 saturated carbocycles. The summed E-state index contributed by atoms with van der Waals surface area (Å²) in [6, 6.07) is 0. The first-order chi connectivity index (χ1) is 32.6. The molecule has 0 aliphatic heterocycles. The summed E-state index contributed by atoms with van der Waals surface area (Å²) in [5, 5.41) is 21.5. The molecule has 8 rings (SSSR count). The molecular weight excluding hydrogens is 905 g/mol. The van der Waals surface area contributed by atoms with Gasteiger partial charge in [-0.25, -0.2) is 19.1 Å². The first-order valence-electron chi connectivity index (χ1n) is 24.2. The van der Waals surface area contributed by atoms with Gasteiger partial charge in [-0.15, -0.1) is 21.5 Å². The van der Waals surface area contributed by atoms with Gasteiger partial charge in [0.15, 0.2) is 5.89 Å². The normalized spacial score (nSPS) is 10.2. The lowest BCUT2D eigenvalue weighted by molar-refractivity contribution is -0.683. The lowest BCUT2D eigenvalue weighted by Crippen LogP contribution is -2.32. The maximum atomic E-state index is 5.10. The van der Waals surface area contributed by atoms with Crippen molar-refractivity contribution in [1.29, 1.82) is 0 Å². The van der Waals surface area contributed by atoms with Crippen molar-refractivity contribution < 1.29 is 8.98 Å². The third-order valence-electron chi connectivity index (χ3n) is 14.3. The summed E-state index contributed by atoms with van der Waals surface area (Å²) in [5.41, 5.74) is 21.6. The van der Waals surface area contributed by atoms with E-state index < -0.39 is 0 Å². The number of hydrogen-bond acceptors (Lipinski definition) is 9. The minimum absolute atomic E-state index is 0.750. The third-order valence-corrected chi connectivity index (χ3v) is 15.3. The topological polar surface area (TPSA) is 137 Å². The largest absolute Gasteiger partial charge is 0.446 e. The Morgan fingerprint density at radius 3 is 0.845 bits per heavy atom. The zero-order valence-corrected chi connectivity index (χ0v) is 50.9. The van der Waals surface area contributed by atoms with Crippen LogP contribution >= 0.6 is 11.3 Å². The summed E-state index contributed by atoms with van der Waals surface area (Å²) in [6.07, 6.45) is 0. The smallest absolute Gasteiger partial charge is 0.253 e. The summed E-state index contributed by atoms with van der Waals surface area (Å²) in [4.78, 5) is 9.61. The third kappa shape index (κ3) is 17.4. The SMILES string of the molecule is Cc1c(C)[n+](C)c(C)n1C.Cc1c(C)c(C)n(C)c1C.Cc1nc(C)c(C)o1.Cc1nc(C)c(C)s1.Cc1nn(C)c(C)c1C.Cc1nn(C)c(C)c1C.Cc1nn(C)c(C)c1C.Cc1nnc(C)n1C. The van der Waals surface area contributed by atoms with Crippen LogP contribution in [0.5, 0.6) is 0 Å². The van der Waals surface area contributed by atoms with E-state index in [9.17, 15) is 0 Å². The van der Waals surface area contributed by atoms with Gasteiger partial charge >= 0.3 is 0 Å². The van der Waals surface area contributed by atoms with Crippen molar-refractivity contribution in [2.45, 2.75) is 166 Å². The van der Waals surface area contributed by atoms with Gasteiger partial charge < -0.3 is 13.6 Å². The number of thiazole rings is 1. The molecule has 0 saturated heterocycles. The molecule has 394 valence electrons. The zero-order chi connectivity index (χ0) is 55.3. The average Bonchev–Trinajstić information content (AvgIpc) is 4.13. The van der Waals surface area contributed by atoms with Crippen LogP contribution in [-0.2, 0) is 49.3 Å². The predicted molar refractivity (Wildman–Crippen MR) is 295 cm³/mol. The van der Waals surface area contributed by atoms with E-state index in [2.05, 4.69) is 167 Å². The van der Waals surface area contributed by atoms with Crippen LogP contribution in [-0.4, -0.2) is 63.2 Å². The van der Waals surface area contributed by atoms with Gasteiger partial charge in [-0.1, -0.05) is 0 Å². The van der Waals surface area contributed by atoms with E-state index in [1.54, 1.807) is 11.3 Å². The van der Waals surface area contributed by atoms with E-state index in [1.165, 1.54) is 89.1 Å². The Morgan fingerprint density at radius 2 is 0.761 bits per heavy atom. The van der Waals surface area contributed by atoms with Crippen LogP contribution in [0.1, 0.15) is 135 Å². The highest BCUT2D eigenvalue weighted by atomic mass is 32.1. The summed E-state index contributed by atoms with van der Waals surface area (Å²) in [6.45, 7) is 49.4. The molecule has 0 N–H and O–H groups in total. The van der Waals surface area contributed by atoms with Crippen LogP contribution in [0.25, 0.3) is 0 Å². The number of aryl methyl sites for hydroxylation is 14. The summed E-state index contributed by atoms with van der Waals surface area (Å²) >= 11 is 1.76. The molecule has 16 heteroatoms. The highest BCUT2D eigenvalue weighted by Crippen LogP contribution is 2.18. The minimum atomic E-state index is 0.750. The van der Waals surface area contributed by atoms with Gasteiger partial charge in [0.05, 0.1) is 47.6 Å². The lowest BCUT2D eigenvalue weighted by Gasteiger charge is -1.98. The Bertz CT molecular complexity index is 2440. The number of rotatable bonds is 0. The van der Waals surface area contributed by atoms with Gasteiger partial charge in [-0.2, -0.15) is 15.3 Å². The highest BCUT2D eigenvalue weighted by Gasteiger charge is 2.15. The Balaban J connectivity index is 0.000000406. The predicted octanol–water partition coefficient (Wildman–Crippen LogP) is 11.2. The molecule has 0 unspecified atom stereocenters. The Kier molecular flexibility index (Phi) is 24.6. The fourth-order valence-corrected chi connectivity index (χ4v) is 7.73. The van der Waals surface area contributed by atoms with Crippen molar-refractivity contribution in [1.82, 2.24) is 63.2 Å². The maximum absolute atomic E-state index is 5.10. The standard InChI is InChI=1S/C9H15N.C8H15N2.3C7H12N2.C6H9NO.C6H9NS.C5H9N3/c1-6-7(2)9(4)10(5)8(6)3;1-6-7(2)10(5)8(3)9(6)4;3*1-5-6(2)8-9(4)7(5)3;2*1-4-5(2)8-6(3)7-4;1-4-6-7-5(2)8(4)3/h2*1-5H3;3*1-4H3;3*1-3H3/q;+1;;;;;;. The molecule has 0 fully saturated rings. The van der Waals surface area contributed by atoms with E-state index in [4.69, 9.17) is 4.42 Å². The fourth-order valence-electron chi connectivity index (χ4n) is 6.91. The molecule has 8 aromatic rings. The van der Waals surface area contributed by atoms with Crippen molar-refractivity contribution in [3.8, 4) is 0 Å². The Labute approximate surface area is 432 Å². The Morgan fingerprint density at radius 1 is 0.394 bits per heavy atom. The zero-order valence-electron chi connectivity index (χ0n) is 50.1. The van der Waals surface area contributed by atoms with E-state index in [1.807, 2.05) is 116 Å². The molecule has 0 aliphatic rings. The number of aromatic nitrogens is 14. The first kappa shape index (κ1) is 63.1. The number of imidazole rings is 1. The van der Waals surface area contributed by atoms with Gasteiger partial charge in [0.1, 0.15) is 28.8 Å². The Hall–Kier alpha value is -5.90. The van der Waals surface area contributed by atoms with E-state index in [0.29, 0.717) is 0 Å². The molecule has 0 amide bonds. The van der Waals surface area contributed by atoms with Crippen molar-refractivity contribution in [2.24, 2.45) is 49.3 Å². The van der Waals surface area contributed by atoms with Crippen molar-refractivity contribution in [3.63, 3.8) is 0 Å². The molecule has 71 heavy (non-hydrogen) atoms. The molecule has 0 bridgehead atoms. The monoisotopic (exact) mass is 998 g/mol. The van der Waals surface area contributed by atoms with Gasteiger partial charge in [0.25, 0.3) is 5.82 Å². The number of oxazole rings is 1. The van der Waals surface area contributed by atoms with Crippen LogP contribution in [0.15, 0.2) is 4.42 Å². The van der Waals surface area contributed by atoms with Crippen LogP contribution in [0.4, 0.5) is 0 Å². The summed E-state index contributed by atoms with van der Waals surface area (Å²) in [5.74, 6) is 4.89. The average molecular weight is 999 g/mol. The molecule has 0 aliphatic carbocycles. The van der Waals surface area contributed by atoms with Crippen LogP contribution in [0.2, 0.25) is 0 Å². The number of hydrogen-bond donors (Lipinski definition) is 0. The molecule has 8 heterocycles. The van der Waals surface area contributed by atoms with Gasteiger partial charge in [-0.05, 0) is 166 Å². The molecular formula is C55H93N14OS+. The fraction of sp³-hybridized carbons (Fsp3) is 0.564.